The molecule has 0 spiro atoms. The molecule has 0 saturated carbocycles. The summed E-state index contributed by atoms with van der Waals surface area (Å²) in [6.07, 6.45) is 0.550. The summed E-state index contributed by atoms with van der Waals surface area (Å²) in [5.41, 5.74) is 2.00. The first-order valence-corrected chi connectivity index (χ1v) is 5.23. The van der Waals surface area contributed by atoms with Crippen LogP contribution in [0.1, 0.15) is 17.2 Å². The van der Waals surface area contributed by atoms with Crippen LogP contribution in [0.25, 0.3) is 0 Å². The van der Waals surface area contributed by atoms with Gasteiger partial charge in [-0.05, 0) is 11.6 Å². The molecule has 1 heterocycles. The lowest BCUT2D eigenvalue weighted by Gasteiger charge is -2.09. The minimum atomic E-state index is -0.0197. The minimum Gasteiger partial charge on any atom is -0.496 e. The first-order chi connectivity index (χ1) is 7.74. The lowest BCUT2D eigenvalue weighted by molar-refractivity contribution is -0.119. The fraction of sp³-hybridized carbons (Fsp3) is 0.417. The molecule has 16 heavy (non-hydrogen) atoms. The van der Waals surface area contributed by atoms with E-state index in [9.17, 15) is 4.79 Å². The van der Waals surface area contributed by atoms with Crippen molar-refractivity contribution in [2.75, 3.05) is 20.8 Å². The lowest BCUT2D eigenvalue weighted by atomic mass is 10.1. The average Bonchev–Trinajstić information content (AvgIpc) is 3.13. The van der Waals surface area contributed by atoms with Crippen LogP contribution >= 0.6 is 0 Å². The third-order valence-corrected chi connectivity index (χ3v) is 2.65. The Morgan fingerprint density at radius 2 is 2.38 bits per heavy atom. The van der Waals surface area contributed by atoms with E-state index in [2.05, 4.69) is 5.32 Å². The summed E-state index contributed by atoms with van der Waals surface area (Å²) in [5.74, 6) is 0.727. The number of epoxide rings is 1. The number of methoxy groups -OCH3 is 1. The van der Waals surface area contributed by atoms with Crippen molar-refractivity contribution in [1.82, 2.24) is 5.32 Å². The molecule has 1 aromatic carbocycles. The molecular formula is C12H15NO3. The maximum Gasteiger partial charge on any atom is 0.224 e. The van der Waals surface area contributed by atoms with E-state index in [1.54, 1.807) is 14.2 Å². The summed E-state index contributed by atoms with van der Waals surface area (Å²) in [6, 6.07) is 5.85. The quantitative estimate of drug-likeness (QED) is 0.773. The van der Waals surface area contributed by atoms with Crippen molar-refractivity contribution in [3.63, 3.8) is 0 Å². The number of likely N-dealkylation sites (N-methyl/N-ethyl adjacent to an activating group) is 1. The molecule has 1 amide bonds. The van der Waals surface area contributed by atoms with Gasteiger partial charge < -0.3 is 14.8 Å². The van der Waals surface area contributed by atoms with E-state index < -0.39 is 0 Å². The van der Waals surface area contributed by atoms with E-state index in [1.165, 1.54) is 0 Å². The topological polar surface area (TPSA) is 50.9 Å². The lowest BCUT2D eigenvalue weighted by Crippen LogP contribution is -2.20. The van der Waals surface area contributed by atoms with Gasteiger partial charge in [-0.2, -0.15) is 0 Å². The molecular weight excluding hydrogens is 206 g/mol. The molecule has 1 atom stereocenters. The normalized spacial score (nSPS) is 18.0. The van der Waals surface area contributed by atoms with E-state index in [0.29, 0.717) is 6.42 Å². The molecule has 1 fully saturated rings. The van der Waals surface area contributed by atoms with Crippen molar-refractivity contribution in [1.29, 1.82) is 0 Å². The molecule has 1 N–H and O–H groups in total. The van der Waals surface area contributed by atoms with Crippen LogP contribution in [0.3, 0.4) is 0 Å². The molecule has 1 saturated heterocycles. The van der Waals surface area contributed by atoms with Gasteiger partial charge >= 0.3 is 0 Å². The van der Waals surface area contributed by atoms with E-state index >= 15 is 0 Å². The van der Waals surface area contributed by atoms with Crippen LogP contribution in [-0.2, 0) is 16.0 Å². The SMILES string of the molecule is CNC(=O)Cc1ccc([C@H]2CO2)cc1OC. The summed E-state index contributed by atoms with van der Waals surface area (Å²) in [7, 11) is 3.24. The zero-order chi connectivity index (χ0) is 11.5. The van der Waals surface area contributed by atoms with E-state index in [-0.39, 0.29) is 12.0 Å². The monoisotopic (exact) mass is 221 g/mol. The van der Waals surface area contributed by atoms with Crippen LogP contribution in [0.4, 0.5) is 0 Å². The molecule has 1 aliphatic rings. The molecule has 0 aliphatic carbocycles. The Morgan fingerprint density at radius 3 is 2.94 bits per heavy atom. The average molecular weight is 221 g/mol. The first kappa shape index (κ1) is 11.0. The van der Waals surface area contributed by atoms with Crippen molar-refractivity contribution in [2.24, 2.45) is 0 Å². The Balaban J connectivity index is 2.20. The maximum atomic E-state index is 11.3. The Bertz CT molecular complexity index is 399. The predicted molar refractivity (Wildman–Crippen MR) is 59.5 cm³/mol. The molecule has 0 bridgehead atoms. The highest BCUT2D eigenvalue weighted by Gasteiger charge is 2.25. The molecule has 4 heteroatoms. The Kier molecular flexibility index (Phi) is 3.10. The smallest absolute Gasteiger partial charge is 0.224 e. The number of carbonyl (C=O) groups is 1. The van der Waals surface area contributed by atoms with E-state index in [1.807, 2.05) is 18.2 Å². The van der Waals surface area contributed by atoms with Gasteiger partial charge in [-0.1, -0.05) is 12.1 Å². The van der Waals surface area contributed by atoms with E-state index in [0.717, 1.165) is 23.5 Å². The summed E-state index contributed by atoms with van der Waals surface area (Å²) < 4.78 is 10.5. The van der Waals surface area contributed by atoms with Crippen LogP contribution in [0.5, 0.6) is 5.75 Å². The van der Waals surface area contributed by atoms with Crippen molar-refractivity contribution in [2.45, 2.75) is 12.5 Å². The summed E-state index contributed by atoms with van der Waals surface area (Å²) >= 11 is 0. The number of nitrogens with one attached hydrogen (secondary N) is 1. The summed E-state index contributed by atoms with van der Waals surface area (Å²) in [4.78, 5) is 11.3. The standard InChI is InChI=1S/C12H15NO3/c1-13-12(14)6-9-4-3-8(11-7-16-11)5-10(9)15-2/h3-5,11H,6-7H2,1-2H3,(H,13,14)/t11-/m1/s1. The third-order valence-electron chi connectivity index (χ3n) is 2.65. The van der Waals surface area contributed by atoms with Crippen molar-refractivity contribution < 1.29 is 14.3 Å². The van der Waals surface area contributed by atoms with Crippen LogP contribution in [-0.4, -0.2) is 26.7 Å². The van der Waals surface area contributed by atoms with Crippen LogP contribution in [0.15, 0.2) is 18.2 Å². The molecule has 4 nitrogen and oxygen atoms in total. The van der Waals surface area contributed by atoms with Gasteiger partial charge in [0.2, 0.25) is 5.91 Å². The van der Waals surface area contributed by atoms with Gasteiger partial charge in [-0.3, -0.25) is 4.79 Å². The highest BCUT2D eigenvalue weighted by Crippen LogP contribution is 2.33. The van der Waals surface area contributed by atoms with Gasteiger partial charge in [-0.25, -0.2) is 0 Å². The van der Waals surface area contributed by atoms with Crippen LogP contribution in [0, 0.1) is 0 Å². The second kappa shape index (κ2) is 4.53. The van der Waals surface area contributed by atoms with Gasteiger partial charge in [0.25, 0.3) is 0 Å². The van der Waals surface area contributed by atoms with E-state index in [4.69, 9.17) is 9.47 Å². The van der Waals surface area contributed by atoms with Crippen LogP contribution in [0.2, 0.25) is 0 Å². The second-order valence-corrected chi connectivity index (χ2v) is 3.74. The largest absolute Gasteiger partial charge is 0.496 e. The Hall–Kier alpha value is -1.55. The van der Waals surface area contributed by atoms with Gasteiger partial charge in [0.15, 0.2) is 0 Å². The molecule has 0 unspecified atom stereocenters. The van der Waals surface area contributed by atoms with Gasteiger partial charge in [0.05, 0.1) is 20.1 Å². The number of hydrogen-bond acceptors (Lipinski definition) is 3. The number of carbonyl (C=O) groups excluding carboxylic acids is 1. The van der Waals surface area contributed by atoms with Crippen molar-refractivity contribution in [3.05, 3.63) is 29.3 Å². The molecule has 2 rings (SSSR count). The molecule has 1 aromatic rings. The zero-order valence-corrected chi connectivity index (χ0v) is 9.45. The summed E-state index contributed by atoms with van der Waals surface area (Å²) in [6.45, 7) is 0.776. The third kappa shape index (κ3) is 2.33. The van der Waals surface area contributed by atoms with Gasteiger partial charge in [0, 0.05) is 12.6 Å². The maximum absolute atomic E-state index is 11.3. The fourth-order valence-electron chi connectivity index (χ4n) is 1.61. The second-order valence-electron chi connectivity index (χ2n) is 3.74. The Morgan fingerprint density at radius 1 is 1.62 bits per heavy atom. The summed E-state index contributed by atoms with van der Waals surface area (Å²) in [5, 5.41) is 2.60. The predicted octanol–water partition coefficient (Wildman–Crippen LogP) is 1.05. The van der Waals surface area contributed by atoms with Crippen molar-refractivity contribution in [3.8, 4) is 5.75 Å². The first-order valence-electron chi connectivity index (χ1n) is 5.23. The zero-order valence-electron chi connectivity index (χ0n) is 9.45. The number of hydrogen-bond donors (Lipinski definition) is 1. The minimum absolute atomic E-state index is 0.0197. The highest BCUT2D eigenvalue weighted by molar-refractivity contribution is 5.79. The molecule has 86 valence electrons. The van der Waals surface area contributed by atoms with Gasteiger partial charge in [0.1, 0.15) is 11.9 Å². The molecule has 0 aromatic heterocycles. The van der Waals surface area contributed by atoms with Crippen molar-refractivity contribution >= 4 is 5.91 Å². The number of amides is 1. The Labute approximate surface area is 94.6 Å². The fourth-order valence-corrected chi connectivity index (χ4v) is 1.61. The van der Waals surface area contributed by atoms with Gasteiger partial charge in [-0.15, -0.1) is 0 Å². The number of ether oxygens (including phenoxy) is 2. The molecule has 1 aliphatic heterocycles. The highest BCUT2D eigenvalue weighted by atomic mass is 16.6. The van der Waals surface area contributed by atoms with Crippen LogP contribution < -0.4 is 10.1 Å². The number of rotatable bonds is 4. The molecule has 0 radical (unpaired) electrons. The number of benzene rings is 1.